The van der Waals surface area contributed by atoms with Gasteiger partial charge in [-0.2, -0.15) is 0 Å². The van der Waals surface area contributed by atoms with Crippen molar-refractivity contribution in [3.8, 4) is 0 Å². The summed E-state index contributed by atoms with van der Waals surface area (Å²) in [5.74, 6) is 1.78. The van der Waals surface area contributed by atoms with Crippen LogP contribution in [-0.2, 0) is 6.54 Å². The Morgan fingerprint density at radius 3 is 3.00 bits per heavy atom. The number of aliphatic imine (C=N–C) groups is 1. The van der Waals surface area contributed by atoms with Crippen LogP contribution in [0.15, 0.2) is 15.2 Å². The molecule has 1 fully saturated rings. The Morgan fingerprint density at radius 1 is 1.56 bits per heavy atom. The van der Waals surface area contributed by atoms with E-state index in [1.165, 1.54) is 11.3 Å². The van der Waals surface area contributed by atoms with Crippen molar-refractivity contribution in [3.63, 3.8) is 0 Å². The Balaban J connectivity index is 1.95. The van der Waals surface area contributed by atoms with E-state index in [0.29, 0.717) is 18.5 Å². The number of rotatable bonds is 2. The molecule has 1 aliphatic heterocycles. The number of hydrogen-bond donors (Lipinski definition) is 2. The minimum atomic E-state index is -0.0125. The number of nitrogens with one attached hydrogen (secondary N) is 2. The molecule has 2 atom stereocenters. The number of thioether (sulfide) groups is 1. The van der Waals surface area contributed by atoms with E-state index >= 15 is 0 Å². The van der Waals surface area contributed by atoms with E-state index in [9.17, 15) is 4.79 Å². The maximum atomic E-state index is 10.9. The summed E-state index contributed by atoms with van der Waals surface area (Å²) in [6.07, 6.45) is 0. The first-order chi connectivity index (χ1) is 7.65. The molecule has 1 aliphatic rings. The third kappa shape index (κ3) is 2.89. The van der Waals surface area contributed by atoms with Gasteiger partial charge in [0.1, 0.15) is 0 Å². The smallest absolute Gasteiger partial charge is 0.304 e. The molecular weight excluding hydrogens is 242 g/mol. The number of nitrogens with zero attached hydrogens (tertiary/aromatic N) is 1. The lowest BCUT2D eigenvalue weighted by Crippen LogP contribution is -2.41. The van der Waals surface area contributed by atoms with Gasteiger partial charge in [-0.15, -0.1) is 0 Å². The summed E-state index contributed by atoms with van der Waals surface area (Å²) in [4.78, 5) is 18.1. The average Bonchev–Trinajstić information content (AvgIpc) is 2.66. The second-order valence-electron chi connectivity index (χ2n) is 4.02. The Bertz CT molecular complexity index is 437. The van der Waals surface area contributed by atoms with Gasteiger partial charge in [-0.3, -0.25) is 9.79 Å². The van der Waals surface area contributed by atoms with Crippen LogP contribution < -0.4 is 10.2 Å². The topological polar surface area (TPSA) is 57.2 Å². The second kappa shape index (κ2) is 5.05. The van der Waals surface area contributed by atoms with Gasteiger partial charge in [0.05, 0.1) is 12.2 Å². The molecule has 0 radical (unpaired) electrons. The van der Waals surface area contributed by atoms with E-state index in [1.807, 2.05) is 5.38 Å². The standard InChI is InChI=1S/C10H15N3OS2/c1-6-4-15-9(12-7(6)2)11-3-8-5-16-10(14)13-8/h5-7H,3-4H2,1-2H3,(H,11,12)(H,13,14). The third-order valence-electron chi connectivity index (χ3n) is 2.65. The Morgan fingerprint density at radius 2 is 2.38 bits per heavy atom. The highest BCUT2D eigenvalue weighted by Crippen LogP contribution is 2.19. The number of aromatic amines is 1. The quantitative estimate of drug-likeness (QED) is 0.847. The van der Waals surface area contributed by atoms with Gasteiger partial charge < -0.3 is 10.3 Å². The van der Waals surface area contributed by atoms with E-state index in [-0.39, 0.29) is 4.87 Å². The van der Waals surface area contributed by atoms with Crippen molar-refractivity contribution < 1.29 is 0 Å². The second-order valence-corrected chi connectivity index (χ2v) is 5.87. The molecule has 2 heterocycles. The van der Waals surface area contributed by atoms with Crippen LogP contribution in [0.4, 0.5) is 0 Å². The molecule has 0 aromatic carbocycles. The minimum absolute atomic E-state index is 0.0125. The Kier molecular flexibility index (Phi) is 3.70. The third-order valence-corrected chi connectivity index (χ3v) is 4.58. The molecule has 4 nitrogen and oxygen atoms in total. The summed E-state index contributed by atoms with van der Waals surface area (Å²) < 4.78 is 0. The molecule has 2 unspecified atom stereocenters. The normalized spacial score (nSPS) is 28.0. The van der Waals surface area contributed by atoms with Crippen molar-refractivity contribution in [2.75, 3.05) is 5.75 Å². The predicted molar refractivity (Wildman–Crippen MR) is 70.3 cm³/mol. The van der Waals surface area contributed by atoms with Crippen LogP contribution in [0.25, 0.3) is 0 Å². The summed E-state index contributed by atoms with van der Waals surface area (Å²) >= 11 is 2.94. The van der Waals surface area contributed by atoms with E-state index < -0.39 is 0 Å². The average molecular weight is 257 g/mol. The molecule has 88 valence electrons. The first kappa shape index (κ1) is 11.7. The Hall–Kier alpha value is -0.750. The number of amidine groups is 1. The number of thiazole rings is 1. The van der Waals surface area contributed by atoms with E-state index in [1.54, 1.807) is 11.8 Å². The van der Waals surface area contributed by atoms with Crippen molar-refractivity contribution in [1.29, 1.82) is 0 Å². The van der Waals surface area contributed by atoms with Crippen LogP contribution in [0.5, 0.6) is 0 Å². The molecule has 6 heteroatoms. The fourth-order valence-corrected chi connectivity index (χ4v) is 3.08. The van der Waals surface area contributed by atoms with E-state index in [2.05, 4.69) is 29.1 Å². The SMILES string of the molecule is CC1CSC(=NCc2csc(=O)[nH]2)NC1C. The van der Waals surface area contributed by atoms with Crippen LogP contribution in [0, 0.1) is 5.92 Å². The van der Waals surface area contributed by atoms with Crippen LogP contribution in [0.2, 0.25) is 0 Å². The van der Waals surface area contributed by atoms with Gasteiger partial charge in [0.2, 0.25) is 0 Å². The van der Waals surface area contributed by atoms with Crippen molar-refractivity contribution >= 4 is 28.3 Å². The lowest BCUT2D eigenvalue weighted by atomic mass is 10.1. The van der Waals surface area contributed by atoms with Gasteiger partial charge in [0.25, 0.3) is 0 Å². The monoisotopic (exact) mass is 257 g/mol. The summed E-state index contributed by atoms with van der Waals surface area (Å²) in [5.41, 5.74) is 0.885. The number of aromatic nitrogens is 1. The molecule has 2 N–H and O–H groups in total. The number of H-pyrrole nitrogens is 1. The van der Waals surface area contributed by atoms with E-state index in [4.69, 9.17) is 0 Å². The summed E-state index contributed by atoms with van der Waals surface area (Å²) in [6.45, 7) is 4.96. The summed E-state index contributed by atoms with van der Waals surface area (Å²) in [5, 5.41) is 6.18. The van der Waals surface area contributed by atoms with Crippen LogP contribution in [0.1, 0.15) is 19.5 Å². The highest BCUT2D eigenvalue weighted by molar-refractivity contribution is 8.13. The maximum Gasteiger partial charge on any atom is 0.304 e. The van der Waals surface area contributed by atoms with E-state index in [0.717, 1.165) is 16.6 Å². The predicted octanol–water partition coefficient (Wildman–Crippen LogP) is 1.65. The molecule has 16 heavy (non-hydrogen) atoms. The summed E-state index contributed by atoms with van der Waals surface area (Å²) in [6, 6.07) is 0.474. The van der Waals surface area contributed by atoms with Crippen LogP contribution >= 0.6 is 23.1 Å². The van der Waals surface area contributed by atoms with Crippen LogP contribution in [-0.4, -0.2) is 21.9 Å². The van der Waals surface area contributed by atoms with Gasteiger partial charge in [-0.05, 0) is 12.8 Å². The molecule has 0 saturated carbocycles. The largest absolute Gasteiger partial charge is 0.362 e. The van der Waals surface area contributed by atoms with Crippen molar-refractivity contribution in [2.45, 2.75) is 26.4 Å². The van der Waals surface area contributed by atoms with Gasteiger partial charge >= 0.3 is 4.87 Å². The molecule has 0 aliphatic carbocycles. The zero-order valence-corrected chi connectivity index (χ0v) is 11.0. The van der Waals surface area contributed by atoms with Gasteiger partial charge in [0.15, 0.2) is 5.17 Å². The molecule has 1 aromatic heterocycles. The maximum absolute atomic E-state index is 10.9. The van der Waals surface area contributed by atoms with Crippen molar-refractivity contribution in [3.05, 3.63) is 20.7 Å². The zero-order valence-electron chi connectivity index (χ0n) is 9.32. The Labute approximate surface area is 103 Å². The van der Waals surface area contributed by atoms with Crippen molar-refractivity contribution in [2.24, 2.45) is 10.9 Å². The van der Waals surface area contributed by atoms with Crippen LogP contribution in [0.3, 0.4) is 0 Å². The molecule has 2 rings (SSSR count). The number of hydrogen-bond acceptors (Lipinski definition) is 4. The lowest BCUT2D eigenvalue weighted by molar-refractivity contribution is 0.490. The first-order valence-corrected chi connectivity index (χ1v) is 7.12. The fraction of sp³-hybridized carbons (Fsp3) is 0.600. The summed E-state index contributed by atoms with van der Waals surface area (Å²) in [7, 11) is 0. The van der Waals surface area contributed by atoms with Gasteiger partial charge in [-0.1, -0.05) is 30.0 Å². The highest BCUT2D eigenvalue weighted by atomic mass is 32.2. The molecule has 1 saturated heterocycles. The first-order valence-electron chi connectivity index (χ1n) is 5.25. The lowest BCUT2D eigenvalue weighted by Gasteiger charge is -2.28. The molecule has 0 spiro atoms. The van der Waals surface area contributed by atoms with Crippen molar-refractivity contribution in [1.82, 2.24) is 10.3 Å². The molecule has 1 aromatic rings. The van der Waals surface area contributed by atoms with Gasteiger partial charge in [0, 0.05) is 17.2 Å². The fourth-order valence-electron chi connectivity index (χ4n) is 1.37. The molecule has 0 bridgehead atoms. The molecular formula is C10H15N3OS2. The van der Waals surface area contributed by atoms with Gasteiger partial charge in [-0.25, -0.2) is 0 Å². The zero-order chi connectivity index (χ0) is 11.5. The molecule has 0 amide bonds. The minimum Gasteiger partial charge on any atom is -0.362 e. The highest BCUT2D eigenvalue weighted by Gasteiger charge is 2.20.